The molecule has 0 saturated carbocycles. The zero-order valence-electron chi connectivity index (χ0n) is 15.9. The fraction of sp³-hybridized carbons (Fsp3) is 0.273. The van der Waals surface area contributed by atoms with E-state index in [0.717, 1.165) is 22.6 Å². The molecule has 0 unspecified atom stereocenters. The van der Waals surface area contributed by atoms with Crippen molar-refractivity contribution in [3.05, 3.63) is 83.4 Å². The molecule has 2 heterocycles. The zero-order chi connectivity index (χ0) is 18.5. The van der Waals surface area contributed by atoms with Gasteiger partial charge in [-0.25, -0.2) is 9.13 Å². The lowest BCUT2D eigenvalue weighted by Gasteiger charge is -2.08. The predicted molar refractivity (Wildman–Crippen MR) is 99.8 cm³/mol. The van der Waals surface area contributed by atoms with Crippen LogP contribution in [0.15, 0.2) is 60.9 Å². The molecule has 4 nitrogen and oxygen atoms in total. The molecule has 4 heteroatoms. The molecule has 0 fully saturated rings. The van der Waals surface area contributed by atoms with Crippen molar-refractivity contribution in [1.29, 1.82) is 0 Å². The maximum Gasteiger partial charge on any atom is 0.211 e. The molecule has 134 valence electrons. The summed E-state index contributed by atoms with van der Waals surface area (Å²) in [5, 5.41) is 0. The lowest BCUT2D eigenvalue weighted by Crippen LogP contribution is -2.31. The smallest absolute Gasteiger partial charge is 0.211 e. The van der Waals surface area contributed by atoms with Crippen LogP contribution in [0.5, 0.6) is 11.5 Å². The molecule has 0 saturated heterocycles. The van der Waals surface area contributed by atoms with Crippen LogP contribution in [0.3, 0.4) is 0 Å². The predicted octanol–water partition coefficient (Wildman–Crippen LogP) is 3.11. The second-order valence-corrected chi connectivity index (χ2v) is 6.63. The highest BCUT2D eigenvalue weighted by Gasteiger charge is 2.06. The molecule has 0 radical (unpaired) electrons. The Kier molecular flexibility index (Phi) is 5.52. The first-order valence-corrected chi connectivity index (χ1v) is 8.77. The molecule has 0 aliphatic carbocycles. The monoisotopic (exact) mass is 350 g/mol. The molecular weight excluding hydrogens is 324 g/mol. The molecule has 0 bridgehead atoms. The quantitative estimate of drug-likeness (QED) is 0.639. The Morgan fingerprint density at radius 3 is 1.35 bits per heavy atom. The van der Waals surface area contributed by atoms with E-state index in [1.807, 2.05) is 38.6 Å². The van der Waals surface area contributed by atoms with Crippen LogP contribution in [0.4, 0.5) is 0 Å². The van der Waals surface area contributed by atoms with Crippen molar-refractivity contribution >= 4 is 0 Å². The molecule has 26 heavy (non-hydrogen) atoms. The number of rotatable bonds is 6. The molecule has 0 aliphatic heterocycles. The minimum Gasteiger partial charge on any atom is -0.483 e. The van der Waals surface area contributed by atoms with Crippen LogP contribution < -0.4 is 18.6 Å². The molecular formula is C22H26N2O2+2. The normalized spacial score (nSPS) is 10.6. The molecule has 3 aromatic rings. The lowest BCUT2D eigenvalue weighted by molar-refractivity contribution is -0.678. The Morgan fingerprint density at radius 1 is 0.615 bits per heavy atom. The van der Waals surface area contributed by atoms with Gasteiger partial charge in [0.05, 0.1) is 0 Å². The molecule has 0 atom stereocenters. The first-order chi connectivity index (χ1) is 12.5. The van der Waals surface area contributed by atoms with Gasteiger partial charge in [0.2, 0.25) is 12.4 Å². The summed E-state index contributed by atoms with van der Waals surface area (Å²) in [6.45, 7) is 5.25. The maximum atomic E-state index is 5.87. The van der Waals surface area contributed by atoms with Crippen molar-refractivity contribution < 1.29 is 18.6 Å². The highest BCUT2D eigenvalue weighted by Crippen LogP contribution is 2.14. The third-order valence-corrected chi connectivity index (χ3v) is 4.57. The third-order valence-electron chi connectivity index (χ3n) is 4.57. The molecule has 0 aliphatic rings. The van der Waals surface area contributed by atoms with Gasteiger partial charge in [0, 0.05) is 26.0 Å². The summed E-state index contributed by atoms with van der Waals surface area (Å²) in [5.41, 5.74) is 4.67. The van der Waals surface area contributed by atoms with Crippen LogP contribution in [0, 0.1) is 13.8 Å². The third kappa shape index (κ3) is 4.60. The van der Waals surface area contributed by atoms with E-state index in [4.69, 9.17) is 9.47 Å². The number of hydrogen-bond donors (Lipinski definition) is 0. The molecule has 0 amide bonds. The van der Waals surface area contributed by atoms with Crippen LogP contribution >= 0.6 is 0 Å². The maximum absolute atomic E-state index is 5.87. The van der Waals surface area contributed by atoms with Gasteiger partial charge in [-0.3, -0.25) is 0 Å². The minimum absolute atomic E-state index is 0.554. The first kappa shape index (κ1) is 17.9. The Balaban J connectivity index is 1.54. The van der Waals surface area contributed by atoms with Crippen molar-refractivity contribution in [2.75, 3.05) is 0 Å². The van der Waals surface area contributed by atoms with Crippen LogP contribution in [-0.2, 0) is 27.3 Å². The summed E-state index contributed by atoms with van der Waals surface area (Å²) in [4.78, 5) is 0. The standard InChI is InChI=1S/C22H26N2O2/c1-17-5-11-21(13-23(17)3)25-15-19-7-9-20(10-8-19)16-26-22-12-6-18(2)24(4)14-22/h5-14H,15-16H2,1-4H3/q+2. The van der Waals surface area contributed by atoms with E-state index in [2.05, 4.69) is 59.4 Å². The molecule has 1 aromatic carbocycles. The van der Waals surface area contributed by atoms with Gasteiger partial charge in [0.15, 0.2) is 22.9 Å². The van der Waals surface area contributed by atoms with Crippen LogP contribution in [0.1, 0.15) is 22.5 Å². The highest BCUT2D eigenvalue weighted by atomic mass is 16.5. The Hall–Kier alpha value is -2.88. The number of nitrogens with zero attached hydrogens (tertiary/aromatic N) is 2. The van der Waals surface area contributed by atoms with Crippen molar-refractivity contribution in [1.82, 2.24) is 0 Å². The Morgan fingerprint density at radius 2 is 1.00 bits per heavy atom. The van der Waals surface area contributed by atoms with Crippen LogP contribution in [0.25, 0.3) is 0 Å². The molecule has 0 N–H and O–H groups in total. The molecule has 2 aromatic heterocycles. The van der Waals surface area contributed by atoms with Crippen LogP contribution in [0.2, 0.25) is 0 Å². The minimum atomic E-state index is 0.554. The van der Waals surface area contributed by atoms with Crippen molar-refractivity contribution in [2.45, 2.75) is 27.1 Å². The lowest BCUT2D eigenvalue weighted by atomic mass is 10.1. The highest BCUT2D eigenvalue weighted by molar-refractivity contribution is 5.24. The van der Waals surface area contributed by atoms with E-state index in [1.165, 1.54) is 11.4 Å². The number of pyridine rings is 2. The van der Waals surface area contributed by atoms with Crippen LogP contribution in [-0.4, -0.2) is 0 Å². The summed E-state index contributed by atoms with van der Waals surface area (Å²) in [7, 11) is 4.04. The van der Waals surface area contributed by atoms with Gasteiger partial charge in [-0.2, -0.15) is 0 Å². The van der Waals surface area contributed by atoms with Crippen molar-refractivity contribution in [2.24, 2.45) is 14.1 Å². The number of aryl methyl sites for hydroxylation is 4. The Labute approximate surface area is 155 Å². The Bertz CT molecular complexity index is 815. The number of hydrogen-bond acceptors (Lipinski definition) is 2. The fourth-order valence-electron chi connectivity index (χ4n) is 2.55. The largest absolute Gasteiger partial charge is 0.483 e. The second-order valence-electron chi connectivity index (χ2n) is 6.63. The van der Waals surface area contributed by atoms with Gasteiger partial charge < -0.3 is 9.47 Å². The first-order valence-electron chi connectivity index (χ1n) is 8.77. The van der Waals surface area contributed by atoms with Crippen molar-refractivity contribution in [3.63, 3.8) is 0 Å². The summed E-state index contributed by atoms with van der Waals surface area (Å²) in [6, 6.07) is 16.5. The number of ether oxygens (including phenoxy) is 2. The van der Waals surface area contributed by atoms with Gasteiger partial charge in [0.1, 0.15) is 27.3 Å². The average molecular weight is 350 g/mol. The summed E-state index contributed by atoms with van der Waals surface area (Å²) in [5.74, 6) is 1.75. The SMILES string of the molecule is Cc1ccc(OCc2ccc(COc3ccc(C)[n+](C)c3)cc2)c[n+]1C. The van der Waals surface area contributed by atoms with E-state index in [1.54, 1.807) is 0 Å². The van der Waals surface area contributed by atoms with E-state index in [9.17, 15) is 0 Å². The number of benzene rings is 1. The van der Waals surface area contributed by atoms with Gasteiger partial charge in [0.25, 0.3) is 0 Å². The van der Waals surface area contributed by atoms with Crippen molar-refractivity contribution in [3.8, 4) is 11.5 Å². The average Bonchev–Trinajstić information content (AvgIpc) is 2.64. The fourth-order valence-corrected chi connectivity index (χ4v) is 2.55. The van der Waals surface area contributed by atoms with Gasteiger partial charge in [-0.1, -0.05) is 24.3 Å². The summed E-state index contributed by atoms with van der Waals surface area (Å²) < 4.78 is 15.8. The van der Waals surface area contributed by atoms with E-state index in [0.29, 0.717) is 13.2 Å². The van der Waals surface area contributed by atoms with Gasteiger partial charge >= 0.3 is 0 Å². The van der Waals surface area contributed by atoms with Gasteiger partial charge in [-0.15, -0.1) is 0 Å². The second kappa shape index (κ2) is 8.00. The summed E-state index contributed by atoms with van der Waals surface area (Å²) >= 11 is 0. The van der Waals surface area contributed by atoms with Gasteiger partial charge in [-0.05, 0) is 23.3 Å². The molecule has 3 rings (SSSR count). The topological polar surface area (TPSA) is 26.2 Å². The van der Waals surface area contributed by atoms with E-state index in [-0.39, 0.29) is 0 Å². The number of aromatic nitrogens is 2. The molecule has 0 spiro atoms. The summed E-state index contributed by atoms with van der Waals surface area (Å²) in [6.07, 6.45) is 4.00. The zero-order valence-corrected chi connectivity index (χ0v) is 15.9. The van der Waals surface area contributed by atoms with E-state index < -0.39 is 0 Å². The van der Waals surface area contributed by atoms with E-state index >= 15 is 0 Å².